The summed E-state index contributed by atoms with van der Waals surface area (Å²) >= 11 is 0. The lowest BCUT2D eigenvalue weighted by Gasteiger charge is -2.37. The Morgan fingerprint density at radius 1 is 0.879 bits per heavy atom. The SMILES string of the molecule is CC(C)(C)c1cc(NC(=O)C2(NCc3ccc(F)cc3F)CCCCC2)cc(C(C)(C)C)c1. The Morgan fingerprint density at radius 2 is 1.45 bits per heavy atom. The Bertz CT molecular complexity index is 964. The summed E-state index contributed by atoms with van der Waals surface area (Å²) in [5.74, 6) is -1.29. The lowest BCUT2D eigenvalue weighted by molar-refractivity contribution is -0.123. The van der Waals surface area contributed by atoms with E-state index in [2.05, 4.69) is 70.4 Å². The van der Waals surface area contributed by atoms with Gasteiger partial charge in [0.1, 0.15) is 11.6 Å². The van der Waals surface area contributed by atoms with Gasteiger partial charge in [0.25, 0.3) is 0 Å². The van der Waals surface area contributed by atoms with E-state index in [9.17, 15) is 13.6 Å². The van der Waals surface area contributed by atoms with Crippen LogP contribution in [-0.2, 0) is 22.2 Å². The molecule has 2 aromatic carbocycles. The van der Waals surface area contributed by atoms with E-state index < -0.39 is 17.2 Å². The van der Waals surface area contributed by atoms with Crippen LogP contribution >= 0.6 is 0 Å². The first-order valence-electron chi connectivity index (χ1n) is 12.0. The average Bonchev–Trinajstić information content (AvgIpc) is 2.72. The van der Waals surface area contributed by atoms with Crippen LogP contribution in [0.5, 0.6) is 0 Å². The van der Waals surface area contributed by atoms with Crippen LogP contribution in [0.3, 0.4) is 0 Å². The van der Waals surface area contributed by atoms with Crippen LogP contribution in [0.15, 0.2) is 36.4 Å². The van der Waals surface area contributed by atoms with E-state index in [4.69, 9.17) is 0 Å². The summed E-state index contributed by atoms with van der Waals surface area (Å²) in [6.45, 7) is 13.2. The first-order chi connectivity index (χ1) is 15.3. The molecule has 2 aromatic rings. The van der Waals surface area contributed by atoms with Crippen LogP contribution in [0.25, 0.3) is 0 Å². The van der Waals surface area contributed by atoms with Crippen molar-refractivity contribution in [3.8, 4) is 0 Å². The molecule has 1 fully saturated rings. The molecule has 5 heteroatoms. The molecule has 0 radical (unpaired) electrons. The van der Waals surface area contributed by atoms with Gasteiger partial charge in [-0.25, -0.2) is 8.78 Å². The van der Waals surface area contributed by atoms with Gasteiger partial charge in [-0.05, 0) is 53.0 Å². The lowest BCUT2D eigenvalue weighted by Crippen LogP contribution is -2.55. The predicted molar refractivity (Wildman–Crippen MR) is 131 cm³/mol. The molecule has 0 saturated heterocycles. The molecular weight excluding hydrogens is 418 g/mol. The summed E-state index contributed by atoms with van der Waals surface area (Å²) < 4.78 is 27.5. The highest BCUT2D eigenvalue weighted by Crippen LogP contribution is 2.34. The smallest absolute Gasteiger partial charge is 0.244 e. The minimum absolute atomic E-state index is 0.0539. The maximum Gasteiger partial charge on any atom is 0.244 e. The van der Waals surface area contributed by atoms with Crippen molar-refractivity contribution in [2.24, 2.45) is 0 Å². The molecule has 1 aliphatic carbocycles. The van der Waals surface area contributed by atoms with Crippen molar-refractivity contribution >= 4 is 11.6 Å². The summed E-state index contributed by atoms with van der Waals surface area (Å²) in [7, 11) is 0. The van der Waals surface area contributed by atoms with E-state index >= 15 is 0 Å². The molecule has 0 aromatic heterocycles. The third-order valence-corrected chi connectivity index (χ3v) is 6.70. The highest BCUT2D eigenvalue weighted by molar-refractivity contribution is 5.98. The molecule has 180 valence electrons. The first-order valence-corrected chi connectivity index (χ1v) is 12.0. The molecule has 33 heavy (non-hydrogen) atoms. The van der Waals surface area contributed by atoms with Crippen LogP contribution in [-0.4, -0.2) is 11.4 Å². The van der Waals surface area contributed by atoms with Gasteiger partial charge < -0.3 is 5.32 Å². The van der Waals surface area contributed by atoms with Crippen LogP contribution in [0.1, 0.15) is 90.3 Å². The van der Waals surface area contributed by atoms with Crippen LogP contribution in [0.2, 0.25) is 0 Å². The van der Waals surface area contributed by atoms with E-state index in [1.165, 1.54) is 23.3 Å². The molecule has 0 unspecified atom stereocenters. The fraction of sp³-hybridized carbons (Fsp3) is 0.536. The summed E-state index contributed by atoms with van der Waals surface area (Å²) in [6, 6.07) is 9.92. The van der Waals surface area contributed by atoms with Gasteiger partial charge in [0.15, 0.2) is 0 Å². The molecule has 0 aliphatic heterocycles. The van der Waals surface area contributed by atoms with E-state index in [1.54, 1.807) is 0 Å². The fourth-order valence-corrected chi connectivity index (χ4v) is 4.39. The van der Waals surface area contributed by atoms with E-state index in [1.807, 2.05) is 0 Å². The van der Waals surface area contributed by atoms with Crippen molar-refractivity contribution in [2.45, 2.75) is 96.6 Å². The maximum absolute atomic E-state index is 14.2. The van der Waals surface area contributed by atoms with E-state index in [0.717, 1.165) is 31.0 Å². The monoisotopic (exact) mass is 456 g/mol. The molecule has 3 nitrogen and oxygen atoms in total. The third kappa shape index (κ3) is 6.20. The van der Waals surface area contributed by atoms with Crippen molar-refractivity contribution in [1.82, 2.24) is 5.32 Å². The molecule has 1 aliphatic rings. The number of benzene rings is 2. The molecular formula is C28H38F2N2O. The Hall–Kier alpha value is -2.27. The molecule has 2 N–H and O–H groups in total. The quantitative estimate of drug-likeness (QED) is 0.509. The zero-order valence-corrected chi connectivity index (χ0v) is 20.9. The van der Waals surface area contributed by atoms with E-state index in [0.29, 0.717) is 18.4 Å². The fourth-order valence-electron chi connectivity index (χ4n) is 4.39. The van der Waals surface area contributed by atoms with Gasteiger partial charge in [0, 0.05) is 23.9 Å². The van der Waals surface area contributed by atoms with Gasteiger partial charge in [-0.15, -0.1) is 0 Å². The standard InChI is InChI=1S/C28H38F2N2O/c1-26(2,3)20-14-21(27(4,5)6)16-23(15-20)32-25(33)28(12-8-7-9-13-28)31-18-19-10-11-22(29)17-24(19)30/h10-11,14-17,31H,7-9,12-13,18H2,1-6H3,(H,32,33). The zero-order valence-electron chi connectivity index (χ0n) is 20.9. The molecule has 0 atom stereocenters. The normalized spacial score (nSPS) is 16.5. The minimum Gasteiger partial charge on any atom is -0.324 e. The minimum atomic E-state index is -0.779. The first kappa shape index (κ1) is 25.4. The highest BCUT2D eigenvalue weighted by atomic mass is 19.1. The summed E-state index contributed by atoms with van der Waals surface area (Å²) in [4.78, 5) is 13.6. The molecule has 1 amide bonds. The second-order valence-corrected chi connectivity index (χ2v) is 11.5. The number of carbonyl (C=O) groups is 1. The van der Waals surface area contributed by atoms with Gasteiger partial charge in [0.05, 0.1) is 5.54 Å². The summed E-state index contributed by atoms with van der Waals surface area (Å²) in [5, 5.41) is 6.53. The van der Waals surface area contributed by atoms with Crippen LogP contribution < -0.4 is 10.6 Å². The number of carbonyl (C=O) groups excluding carboxylic acids is 1. The van der Waals surface area contributed by atoms with E-state index in [-0.39, 0.29) is 23.3 Å². The third-order valence-electron chi connectivity index (χ3n) is 6.70. The van der Waals surface area contributed by atoms with Crippen LogP contribution in [0, 0.1) is 11.6 Å². The summed E-state index contributed by atoms with van der Waals surface area (Å²) in [5.41, 5.74) is 2.60. The van der Waals surface area contributed by atoms with Crippen molar-refractivity contribution < 1.29 is 13.6 Å². The predicted octanol–water partition coefficient (Wildman–Crippen LogP) is 6.99. The molecule has 0 heterocycles. The highest BCUT2D eigenvalue weighted by Gasteiger charge is 2.39. The number of halogens is 2. The van der Waals surface area contributed by atoms with Gasteiger partial charge in [0.2, 0.25) is 5.91 Å². The van der Waals surface area contributed by atoms with Gasteiger partial charge in [-0.2, -0.15) is 0 Å². The largest absolute Gasteiger partial charge is 0.324 e. The van der Waals surface area contributed by atoms with Crippen molar-refractivity contribution in [3.05, 3.63) is 64.7 Å². The van der Waals surface area contributed by atoms with Crippen molar-refractivity contribution in [1.29, 1.82) is 0 Å². The number of anilines is 1. The van der Waals surface area contributed by atoms with Crippen molar-refractivity contribution in [2.75, 3.05) is 5.32 Å². The zero-order chi connectivity index (χ0) is 24.4. The second-order valence-electron chi connectivity index (χ2n) is 11.5. The Kier molecular flexibility index (Phi) is 7.33. The lowest BCUT2D eigenvalue weighted by atomic mass is 9.79. The van der Waals surface area contributed by atoms with Gasteiger partial charge >= 0.3 is 0 Å². The molecule has 0 spiro atoms. The molecule has 1 saturated carbocycles. The maximum atomic E-state index is 14.2. The van der Waals surface area contributed by atoms with Gasteiger partial charge in [-0.3, -0.25) is 10.1 Å². The van der Waals surface area contributed by atoms with Crippen molar-refractivity contribution in [3.63, 3.8) is 0 Å². The number of hydrogen-bond acceptors (Lipinski definition) is 2. The Morgan fingerprint density at radius 3 is 1.97 bits per heavy atom. The average molecular weight is 457 g/mol. The summed E-state index contributed by atoms with van der Waals surface area (Å²) in [6.07, 6.45) is 4.32. The topological polar surface area (TPSA) is 41.1 Å². The number of nitrogens with one attached hydrogen (secondary N) is 2. The molecule has 3 rings (SSSR count). The Balaban J connectivity index is 1.88. The number of rotatable bonds is 5. The second kappa shape index (κ2) is 9.54. The van der Waals surface area contributed by atoms with Crippen LogP contribution in [0.4, 0.5) is 14.5 Å². The Labute approximate surface area is 197 Å². The number of hydrogen-bond donors (Lipinski definition) is 2. The number of amides is 1. The van der Waals surface area contributed by atoms with Gasteiger partial charge in [-0.1, -0.05) is 72.9 Å². The molecule has 0 bridgehead atoms.